The van der Waals surface area contributed by atoms with Crippen LogP contribution in [0.2, 0.25) is 0 Å². The van der Waals surface area contributed by atoms with Gasteiger partial charge >= 0.3 is 12.1 Å². The molecule has 2 saturated heterocycles. The predicted molar refractivity (Wildman–Crippen MR) is 82.6 cm³/mol. The number of imide groups is 1. The molecule has 0 aromatic carbocycles. The molecular weight excluding hydrogens is 296 g/mol. The van der Waals surface area contributed by atoms with Crippen LogP contribution in [0.4, 0.5) is 9.59 Å². The van der Waals surface area contributed by atoms with Crippen LogP contribution < -0.4 is 16.0 Å². The summed E-state index contributed by atoms with van der Waals surface area (Å²) in [6, 6.07) is -0.481. The van der Waals surface area contributed by atoms with Crippen LogP contribution in [0.25, 0.3) is 0 Å². The molecule has 0 radical (unpaired) electrons. The quantitative estimate of drug-likeness (QED) is 0.662. The van der Waals surface area contributed by atoms with E-state index in [2.05, 4.69) is 16.0 Å². The van der Waals surface area contributed by atoms with Crippen LogP contribution in [0, 0.1) is 11.8 Å². The van der Waals surface area contributed by atoms with Crippen LogP contribution in [0.15, 0.2) is 0 Å². The van der Waals surface area contributed by atoms with Crippen molar-refractivity contribution in [1.29, 1.82) is 0 Å². The molecule has 1 atom stereocenters. The molecule has 7 heteroatoms. The van der Waals surface area contributed by atoms with Crippen molar-refractivity contribution < 1.29 is 14.4 Å². The summed E-state index contributed by atoms with van der Waals surface area (Å²) in [5, 5.41) is 7.94. The zero-order chi connectivity index (χ0) is 16.0. The van der Waals surface area contributed by atoms with Gasteiger partial charge in [0.15, 0.2) is 0 Å². The van der Waals surface area contributed by atoms with Crippen molar-refractivity contribution in [2.75, 3.05) is 13.1 Å². The minimum absolute atomic E-state index is 0.0184. The highest BCUT2D eigenvalue weighted by Gasteiger charge is 2.56. The lowest BCUT2D eigenvalue weighted by Crippen LogP contribution is -2.64. The van der Waals surface area contributed by atoms with Gasteiger partial charge in [0.05, 0.1) is 0 Å². The van der Waals surface area contributed by atoms with Gasteiger partial charge in [-0.1, -0.05) is 25.7 Å². The van der Waals surface area contributed by atoms with E-state index in [0.717, 1.165) is 25.4 Å². The van der Waals surface area contributed by atoms with Gasteiger partial charge in [-0.2, -0.15) is 0 Å². The summed E-state index contributed by atoms with van der Waals surface area (Å²) in [5.74, 6) is 1.20. The van der Waals surface area contributed by atoms with E-state index in [4.69, 9.17) is 0 Å². The van der Waals surface area contributed by atoms with E-state index in [1.165, 1.54) is 25.7 Å². The second-order valence-electron chi connectivity index (χ2n) is 7.58. The normalized spacial score (nSPS) is 37.0. The second-order valence-corrected chi connectivity index (χ2v) is 7.58. The van der Waals surface area contributed by atoms with Crippen molar-refractivity contribution in [3.8, 4) is 0 Å². The molecule has 0 aromatic heterocycles. The number of hydrogen-bond acceptors (Lipinski definition) is 3. The Kier molecular flexibility index (Phi) is 3.46. The Labute approximate surface area is 135 Å². The molecule has 2 aliphatic carbocycles. The van der Waals surface area contributed by atoms with Gasteiger partial charge in [-0.05, 0) is 18.3 Å². The number of urea groups is 2. The average Bonchev–Trinajstić information content (AvgIpc) is 3.17. The van der Waals surface area contributed by atoms with E-state index in [0.29, 0.717) is 18.8 Å². The first-order valence-corrected chi connectivity index (χ1v) is 8.75. The van der Waals surface area contributed by atoms with Crippen molar-refractivity contribution in [2.45, 2.75) is 56.5 Å². The highest BCUT2D eigenvalue weighted by atomic mass is 16.2. The standard InChI is InChI=1S/C16H24N4O3/c21-13-16(19-14(22)18-13)7-12(8-16)17-15(23)20-6-5-11(9-20)10-3-1-2-4-10/h10-12H,1-9H2,(H,17,23)(H2,18,19,21,22). The Bertz CT molecular complexity index is 537. The molecule has 2 heterocycles. The maximum absolute atomic E-state index is 12.4. The molecular formula is C16H24N4O3. The molecule has 0 aromatic rings. The van der Waals surface area contributed by atoms with E-state index < -0.39 is 11.6 Å². The molecule has 2 aliphatic heterocycles. The summed E-state index contributed by atoms with van der Waals surface area (Å²) >= 11 is 0. The lowest BCUT2D eigenvalue weighted by Gasteiger charge is -2.42. The topological polar surface area (TPSA) is 90.5 Å². The lowest BCUT2D eigenvalue weighted by atomic mass is 9.72. The molecule has 5 amide bonds. The zero-order valence-corrected chi connectivity index (χ0v) is 13.3. The Morgan fingerprint density at radius 1 is 1.13 bits per heavy atom. The summed E-state index contributed by atoms with van der Waals surface area (Å²) in [6.45, 7) is 1.70. The maximum atomic E-state index is 12.4. The number of amides is 5. The van der Waals surface area contributed by atoms with Gasteiger partial charge in [0.1, 0.15) is 5.54 Å². The van der Waals surface area contributed by atoms with E-state index >= 15 is 0 Å². The Hall–Kier alpha value is -1.79. The molecule has 7 nitrogen and oxygen atoms in total. The smallest absolute Gasteiger partial charge is 0.322 e. The van der Waals surface area contributed by atoms with E-state index in [-0.39, 0.29) is 18.0 Å². The minimum Gasteiger partial charge on any atom is -0.335 e. The van der Waals surface area contributed by atoms with Crippen molar-refractivity contribution in [1.82, 2.24) is 20.9 Å². The first-order chi connectivity index (χ1) is 11.1. The van der Waals surface area contributed by atoms with Crippen LogP contribution >= 0.6 is 0 Å². The van der Waals surface area contributed by atoms with Crippen LogP contribution in [-0.4, -0.2) is 47.5 Å². The molecule has 4 fully saturated rings. The summed E-state index contributed by atoms with van der Waals surface area (Å²) in [6.07, 6.45) is 7.40. The molecule has 3 N–H and O–H groups in total. The molecule has 126 valence electrons. The average molecular weight is 320 g/mol. The van der Waals surface area contributed by atoms with Gasteiger partial charge in [0.2, 0.25) is 0 Å². The van der Waals surface area contributed by atoms with Crippen LogP contribution in [0.1, 0.15) is 44.9 Å². The summed E-state index contributed by atoms with van der Waals surface area (Å²) in [5.41, 5.74) is -0.785. The molecule has 2 saturated carbocycles. The molecule has 4 aliphatic rings. The van der Waals surface area contributed by atoms with Gasteiger partial charge in [-0.3, -0.25) is 10.1 Å². The van der Waals surface area contributed by atoms with Crippen molar-refractivity contribution in [3.05, 3.63) is 0 Å². The van der Waals surface area contributed by atoms with Gasteiger partial charge in [-0.25, -0.2) is 9.59 Å². The SMILES string of the molecule is O=C1NC(=O)C2(CC(NC(=O)N3CCC(C4CCCC4)C3)C2)N1. The number of likely N-dealkylation sites (tertiary alicyclic amines) is 1. The van der Waals surface area contributed by atoms with Crippen LogP contribution in [0.3, 0.4) is 0 Å². The molecule has 4 rings (SSSR count). The van der Waals surface area contributed by atoms with Gasteiger partial charge < -0.3 is 15.5 Å². The zero-order valence-electron chi connectivity index (χ0n) is 13.3. The molecule has 23 heavy (non-hydrogen) atoms. The Balaban J connectivity index is 1.25. The van der Waals surface area contributed by atoms with E-state index in [1.54, 1.807) is 0 Å². The van der Waals surface area contributed by atoms with E-state index in [1.807, 2.05) is 4.90 Å². The molecule has 1 spiro atoms. The van der Waals surface area contributed by atoms with Crippen molar-refractivity contribution >= 4 is 18.0 Å². The van der Waals surface area contributed by atoms with Gasteiger partial charge in [0.25, 0.3) is 5.91 Å². The van der Waals surface area contributed by atoms with E-state index in [9.17, 15) is 14.4 Å². The number of nitrogens with one attached hydrogen (secondary N) is 3. The Morgan fingerprint density at radius 2 is 1.87 bits per heavy atom. The largest absolute Gasteiger partial charge is 0.335 e. The highest BCUT2D eigenvalue weighted by Crippen LogP contribution is 2.37. The minimum atomic E-state index is -0.785. The second kappa shape index (κ2) is 5.39. The fourth-order valence-corrected chi connectivity index (χ4v) is 4.75. The van der Waals surface area contributed by atoms with Gasteiger partial charge in [-0.15, -0.1) is 0 Å². The number of hydrogen-bond donors (Lipinski definition) is 3. The lowest BCUT2D eigenvalue weighted by molar-refractivity contribution is -0.127. The van der Waals surface area contributed by atoms with Crippen molar-refractivity contribution in [2.24, 2.45) is 11.8 Å². The fraction of sp³-hybridized carbons (Fsp3) is 0.812. The maximum Gasteiger partial charge on any atom is 0.322 e. The monoisotopic (exact) mass is 320 g/mol. The third kappa shape index (κ3) is 2.56. The molecule has 1 unspecified atom stereocenters. The summed E-state index contributed by atoms with van der Waals surface area (Å²) < 4.78 is 0. The van der Waals surface area contributed by atoms with Crippen molar-refractivity contribution in [3.63, 3.8) is 0 Å². The predicted octanol–water partition coefficient (Wildman–Crippen LogP) is 0.949. The number of nitrogens with zero attached hydrogens (tertiary/aromatic N) is 1. The third-order valence-electron chi connectivity index (χ3n) is 6.11. The Morgan fingerprint density at radius 3 is 2.52 bits per heavy atom. The first kappa shape index (κ1) is 14.8. The van der Waals surface area contributed by atoms with Gasteiger partial charge in [0, 0.05) is 32.0 Å². The number of rotatable bonds is 2. The molecule has 0 bridgehead atoms. The summed E-state index contributed by atoms with van der Waals surface area (Å²) in [7, 11) is 0. The third-order valence-corrected chi connectivity index (χ3v) is 6.11. The number of carbonyl (C=O) groups is 3. The fourth-order valence-electron chi connectivity index (χ4n) is 4.75. The number of carbonyl (C=O) groups excluding carboxylic acids is 3. The van der Waals surface area contributed by atoms with Crippen LogP contribution in [-0.2, 0) is 4.79 Å². The highest BCUT2D eigenvalue weighted by molar-refractivity contribution is 6.07. The first-order valence-electron chi connectivity index (χ1n) is 8.75. The van der Waals surface area contributed by atoms with Crippen LogP contribution in [0.5, 0.6) is 0 Å². The summed E-state index contributed by atoms with van der Waals surface area (Å²) in [4.78, 5) is 37.3.